The Morgan fingerprint density at radius 3 is 2.17 bits per heavy atom. The first-order valence-electron chi connectivity index (χ1n) is 16.7. The van der Waals surface area contributed by atoms with Crippen LogP contribution >= 0.6 is 0 Å². The minimum atomic E-state index is -1.96. The molecule has 5 heterocycles. The zero-order valence-electron chi connectivity index (χ0n) is 32.6. The Morgan fingerprint density at radius 2 is 1.58 bits per heavy atom. The molecule has 280 valence electrons. The number of carboxylic acids is 3. The van der Waals surface area contributed by atoms with Crippen LogP contribution in [0.25, 0.3) is 0 Å². The van der Waals surface area contributed by atoms with E-state index >= 15 is 0 Å². The molecule has 0 aromatic heterocycles. The maximum absolute atomic E-state index is 13.6. The fourth-order valence-corrected chi connectivity index (χ4v) is 7.06. The Labute approximate surface area is 325 Å². The molecular formula is C38H39AuN5O9+. The van der Waals surface area contributed by atoms with E-state index in [-0.39, 0.29) is 73.3 Å². The third kappa shape index (κ3) is 8.04. The summed E-state index contributed by atoms with van der Waals surface area (Å²) in [5.74, 6) is -8.65. The quantitative estimate of drug-likeness (QED) is 0.193. The van der Waals surface area contributed by atoms with Crippen molar-refractivity contribution in [2.45, 2.75) is 72.8 Å². The van der Waals surface area contributed by atoms with Crippen LogP contribution in [0.3, 0.4) is 0 Å². The molecule has 0 saturated carbocycles. The van der Waals surface area contributed by atoms with E-state index in [0.717, 1.165) is 22.3 Å². The first kappa shape index (κ1) is 40.5. The maximum atomic E-state index is 13.6. The summed E-state index contributed by atoms with van der Waals surface area (Å²) >= 11 is 0. The van der Waals surface area contributed by atoms with Crippen LogP contribution in [0.1, 0.15) is 71.0 Å². The molecule has 15 heteroatoms. The van der Waals surface area contributed by atoms with E-state index in [9.17, 15) is 44.7 Å². The molecule has 3 atom stereocenters. The van der Waals surface area contributed by atoms with Gasteiger partial charge < -0.3 is 50.5 Å². The van der Waals surface area contributed by atoms with Gasteiger partial charge in [-0.15, -0.1) is 0 Å². The molecule has 14 nitrogen and oxygen atoms in total. The Morgan fingerprint density at radius 1 is 0.925 bits per heavy atom. The predicted octanol–water partition coefficient (Wildman–Crippen LogP) is -0.810. The van der Waals surface area contributed by atoms with Gasteiger partial charge in [0.05, 0.1) is 52.7 Å². The molecule has 5 aliphatic heterocycles. The number of rotatable bonds is 11. The summed E-state index contributed by atoms with van der Waals surface area (Å²) < 4.78 is 0. The van der Waals surface area contributed by atoms with Gasteiger partial charge in [-0.1, -0.05) is 26.5 Å². The number of aliphatic carboxylic acids is 3. The molecule has 53 heavy (non-hydrogen) atoms. The first-order chi connectivity index (χ1) is 24.6. The van der Waals surface area contributed by atoms with Crippen molar-refractivity contribution >= 4 is 41.0 Å². The first-order valence-corrected chi connectivity index (χ1v) is 16.7. The van der Waals surface area contributed by atoms with Gasteiger partial charge in [0.1, 0.15) is 0 Å². The Kier molecular flexibility index (Phi) is 12.3. The summed E-state index contributed by atoms with van der Waals surface area (Å²) in [5, 5.41) is 65.7. The van der Waals surface area contributed by atoms with Crippen molar-refractivity contribution < 1.29 is 71.4 Å². The van der Waals surface area contributed by atoms with E-state index in [2.05, 4.69) is 17.2 Å². The van der Waals surface area contributed by atoms with Crippen LogP contribution in [0.15, 0.2) is 119 Å². The zero-order valence-corrected chi connectivity index (χ0v) is 31.8. The molecule has 5 rings (SSSR count). The zero-order chi connectivity index (χ0) is 38.2. The van der Waals surface area contributed by atoms with Crippen molar-refractivity contribution in [2.24, 2.45) is 26.8 Å². The molecule has 5 aliphatic rings. The van der Waals surface area contributed by atoms with Gasteiger partial charge in [0.25, 0.3) is 0 Å². The van der Waals surface area contributed by atoms with E-state index in [4.69, 9.17) is 15.0 Å². The number of aliphatic imine (C=N–C) groups is 3. The third-order valence-corrected chi connectivity index (χ3v) is 9.86. The fourth-order valence-electron chi connectivity index (χ4n) is 7.06. The molecule has 1 fully saturated rings. The molecule has 0 radical (unpaired) electrons. The molecule has 0 aromatic rings. The molecule has 8 bridgehead atoms. The fraction of sp³-hybridized carbons (Fsp3) is 0.342. The molecule has 0 aromatic carbocycles. The van der Waals surface area contributed by atoms with Gasteiger partial charge in [-0.3, -0.25) is 4.79 Å². The maximum Gasteiger partial charge on any atom is 3.00 e. The van der Waals surface area contributed by atoms with Crippen LogP contribution in [-0.2, 0) is 41.6 Å². The van der Waals surface area contributed by atoms with Crippen LogP contribution in [-0.4, -0.2) is 47.0 Å². The average Bonchev–Trinajstić information content (AvgIpc) is 3.74. The van der Waals surface area contributed by atoms with Crippen LogP contribution < -0.4 is 36.2 Å². The van der Waals surface area contributed by atoms with Gasteiger partial charge in [0.15, 0.2) is 0 Å². The summed E-state index contributed by atoms with van der Waals surface area (Å²) in [5.41, 5.74) is 6.49. The Hall–Kier alpha value is -5.31. The third-order valence-electron chi connectivity index (χ3n) is 9.86. The summed E-state index contributed by atoms with van der Waals surface area (Å²) in [6, 6.07) is -1.96. The number of carbonyl (C=O) groups is 4. The summed E-state index contributed by atoms with van der Waals surface area (Å²) in [6.45, 7) is 13.1. The number of hydrogen-bond acceptors (Lipinski definition) is 13. The molecular weight excluding hydrogens is 867 g/mol. The number of carbonyl (C=O) groups excluding carboxylic acids is 4. The topological polar surface area (TPSA) is 245 Å². The molecule has 0 unspecified atom stereocenters. The van der Waals surface area contributed by atoms with Gasteiger partial charge in [-0.2, -0.15) is 5.95 Å². The van der Waals surface area contributed by atoms with E-state index in [1.54, 1.807) is 18.2 Å². The van der Waals surface area contributed by atoms with Crippen LogP contribution in [0.4, 0.5) is 0 Å². The molecule has 1 amide bonds. The molecule has 0 spiro atoms. The van der Waals surface area contributed by atoms with E-state index < -0.39 is 60.5 Å². The Bertz CT molecular complexity index is 2080. The second-order valence-electron chi connectivity index (χ2n) is 13.0. The van der Waals surface area contributed by atoms with Crippen molar-refractivity contribution in [3.63, 3.8) is 0 Å². The van der Waals surface area contributed by atoms with Gasteiger partial charge in [-0.05, 0) is 86.1 Å². The second-order valence-corrected chi connectivity index (χ2v) is 13.0. The number of nitrogens with one attached hydrogen (secondary N) is 2. The number of fused-ring (bicyclic) bond motifs is 5. The standard InChI is InChI=1S/C38H41N5O9.Au/c1-7-20-16(3)24-12-26-18(5)22(9-10-32(45)46)35(42-26)23(11-31(44)41-30(37(49)50)15-33(47)48)36-34(38(51)52)19(6)27(43-36)14-29-21(8-2)17(4)25(40-29)13-28(20)39-24;/h7,12-14,18,22,30,42,51-52H,1,8-11,15H2,2-6H3,(H,41,44)(H,45,46)(H,47,48)(H,49,50);/q;+3/p-2/t18-,22-,30-;/m0./s1. The van der Waals surface area contributed by atoms with E-state index in [0.29, 0.717) is 34.9 Å². The van der Waals surface area contributed by atoms with Crippen molar-refractivity contribution in [1.29, 1.82) is 0 Å². The van der Waals surface area contributed by atoms with Crippen molar-refractivity contribution in [3.8, 4) is 0 Å². The average molecular weight is 907 g/mol. The van der Waals surface area contributed by atoms with Gasteiger partial charge in [0, 0.05) is 52.7 Å². The van der Waals surface area contributed by atoms with Crippen molar-refractivity contribution in [1.82, 2.24) is 10.6 Å². The molecule has 1 saturated heterocycles. The summed E-state index contributed by atoms with van der Waals surface area (Å²) in [7, 11) is 0. The predicted molar refractivity (Wildman–Crippen MR) is 184 cm³/mol. The number of allylic oxidation sites excluding steroid dienone is 11. The number of amides is 1. The van der Waals surface area contributed by atoms with E-state index in [1.165, 1.54) is 6.92 Å². The van der Waals surface area contributed by atoms with Crippen molar-refractivity contribution in [3.05, 3.63) is 104 Å². The SMILES string of the molecule is C=CC1=C(C)C2=NC1=CC1=NC(=CC3=C(C)C(=C([O-])[O-])C(=N3)C(CC(=O)N[C@@H](CC(=O)[O-])C(=O)[O-])=C3NC(=C2)[C@@H](C)[C@@H]3CCC(=O)[O-])C(CC)=C1C.[Au+3].[H+].[H+].[H+]. The van der Waals surface area contributed by atoms with E-state index in [1.807, 2.05) is 33.8 Å². The molecule has 2 N–H and O–H groups in total. The number of hydrogen-bond donors (Lipinski definition) is 2. The van der Waals surface area contributed by atoms with Crippen LogP contribution in [0, 0.1) is 11.8 Å². The normalized spacial score (nSPS) is 21.2. The largest absolute Gasteiger partial charge is 3.00 e. The summed E-state index contributed by atoms with van der Waals surface area (Å²) in [6.07, 6.45) is 5.42. The molecule has 0 aliphatic carbocycles. The smallest absolute Gasteiger partial charge is 0.883 e. The monoisotopic (exact) mass is 906 g/mol. The van der Waals surface area contributed by atoms with Gasteiger partial charge >= 0.3 is 26.7 Å². The minimum Gasteiger partial charge on any atom is -0.883 e. The van der Waals surface area contributed by atoms with Crippen molar-refractivity contribution in [2.75, 3.05) is 0 Å². The van der Waals surface area contributed by atoms with Gasteiger partial charge in [-0.25, -0.2) is 15.0 Å². The minimum absolute atomic E-state index is 0. The number of carboxylic acid groups (broad SMARTS) is 3. The number of nitrogens with zero attached hydrogens (tertiary/aromatic N) is 3. The summed E-state index contributed by atoms with van der Waals surface area (Å²) in [4.78, 5) is 62.7. The van der Waals surface area contributed by atoms with Crippen LogP contribution in [0.5, 0.6) is 0 Å². The Balaban J connectivity index is 0.00000392. The van der Waals surface area contributed by atoms with Gasteiger partial charge in [0.2, 0.25) is 5.91 Å². The second kappa shape index (κ2) is 16.1. The van der Waals surface area contributed by atoms with Crippen LogP contribution in [0.2, 0.25) is 0 Å².